The molecule has 1 N–H and O–H groups in total. The molecule has 2 aromatic rings. The van der Waals surface area contributed by atoms with E-state index < -0.39 is 11.4 Å². The summed E-state index contributed by atoms with van der Waals surface area (Å²) < 4.78 is 12.3. The van der Waals surface area contributed by atoms with Crippen LogP contribution < -0.4 is 10.2 Å². The van der Waals surface area contributed by atoms with Gasteiger partial charge in [0, 0.05) is 19.3 Å². The van der Waals surface area contributed by atoms with Crippen LogP contribution in [0.4, 0.5) is 0 Å². The van der Waals surface area contributed by atoms with Crippen molar-refractivity contribution < 1.29 is 19.4 Å². The SMILES string of the molecule is CCOCCn1cc(Oc2ccccc2)c(=O)c(C(=O)O)c1. The standard InChI is InChI=1S/C16H17NO5/c1-2-21-9-8-17-10-13(16(19)20)15(18)14(11-17)22-12-6-4-3-5-7-12/h3-7,10-11H,2,8-9H2,1H3,(H,19,20). The van der Waals surface area contributed by atoms with Crippen molar-refractivity contribution in [3.8, 4) is 11.5 Å². The molecule has 0 atom stereocenters. The number of aromatic nitrogens is 1. The summed E-state index contributed by atoms with van der Waals surface area (Å²) in [6.45, 7) is 3.29. The van der Waals surface area contributed by atoms with E-state index in [1.165, 1.54) is 12.4 Å². The number of nitrogens with zero attached hydrogens (tertiary/aromatic N) is 1. The minimum atomic E-state index is -1.28. The van der Waals surface area contributed by atoms with Crippen LogP contribution >= 0.6 is 0 Å². The second-order valence-corrected chi connectivity index (χ2v) is 4.52. The quantitative estimate of drug-likeness (QED) is 0.795. The lowest BCUT2D eigenvalue weighted by Crippen LogP contribution is -2.20. The van der Waals surface area contributed by atoms with Crippen molar-refractivity contribution in [2.24, 2.45) is 0 Å². The topological polar surface area (TPSA) is 77.8 Å². The lowest BCUT2D eigenvalue weighted by molar-refractivity contribution is 0.0693. The second-order valence-electron chi connectivity index (χ2n) is 4.52. The van der Waals surface area contributed by atoms with Crippen LogP contribution in [0.5, 0.6) is 11.5 Å². The normalized spacial score (nSPS) is 10.4. The Bertz CT molecular complexity index is 693. The molecule has 22 heavy (non-hydrogen) atoms. The number of benzene rings is 1. The highest BCUT2D eigenvalue weighted by atomic mass is 16.5. The molecule has 1 aromatic carbocycles. The molecule has 0 bridgehead atoms. The van der Waals surface area contributed by atoms with Crippen LogP contribution in [0.1, 0.15) is 17.3 Å². The number of pyridine rings is 1. The number of aromatic carboxylic acids is 1. The Hall–Kier alpha value is -2.60. The third-order valence-electron chi connectivity index (χ3n) is 2.95. The molecule has 6 nitrogen and oxygen atoms in total. The number of carbonyl (C=O) groups is 1. The van der Waals surface area contributed by atoms with Crippen molar-refractivity contribution >= 4 is 5.97 Å². The van der Waals surface area contributed by atoms with E-state index in [4.69, 9.17) is 14.6 Å². The first-order valence-electron chi connectivity index (χ1n) is 6.90. The van der Waals surface area contributed by atoms with E-state index in [1.807, 2.05) is 13.0 Å². The number of rotatable bonds is 7. The maximum Gasteiger partial charge on any atom is 0.341 e. The molecule has 0 radical (unpaired) electrons. The molecule has 0 amide bonds. The van der Waals surface area contributed by atoms with Gasteiger partial charge in [-0.2, -0.15) is 0 Å². The summed E-state index contributed by atoms with van der Waals surface area (Å²) in [7, 11) is 0. The number of hydrogen-bond donors (Lipinski definition) is 1. The Labute approximate surface area is 127 Å². The minimum Gasteiger partial charge on any atom is -0.477 e. The summed E-state index contributed by atoms with van der Waals surface area (Å²) in [5.74, 6) is -0.838. The maximum absolute atomic E-state index is 12.1. The number of ether oxygens (including phenoxy) is 2. The molecule has 1 aromatic heterocycles. The lowest BCUT2D eigenvalue weighted by atomic mass is 10.2. The fraction of sp³-hybridized carbons (Fsp3) is 0.250. The van der Waals surface area contributed by atoms with Gasteiger partial charge < -0.3 is 19.1 Å². The third kappa shape index (κ3) is 3.95. The van der Waals surface area contributed by atoms with E-state index in [9.17, 15) is 9.59 Å². The van der Waals surface area contributed by atoms with Gasteiger partial charge in [-0.1, -0.05) is 18.2 Å². The predicted molar refractivity (Wildman–Crippen MR) is 80.7 cm³/mol. The van der Waals surface area contributed by atoms with Crippen LogP contribution in [-0.2, 0) is 11.3 Å². The molecule has 0 aliphatic carbocycles. The van der Waals surface area contributed by atoms with Crippen molar-refractivity contribution in [2.45, 2.75) is 13.5 Å². The summed E-state index contributed by atoms with van der Waals surface area (Å²) in [6, 6.07) is 8.74. The molecule has 1 heterocycles. The summed E-state index contributed by atoms with van der Waals surface area (Å²) in [4.78, 5) is 23.4. The van der Waals surface area contributed by atoms with Gasteiger partial charge in [0.1, 0.15) is 11.3 Å². The molecule has 116 valence electrons. The number of carboxylic acids is 1. The minimum absolute atomic E-state index is 0.0254. The average Bonchev–Trinajstić information content (AvgIpc) is 2.51. The van der Waals surface area contributed by atoms with Crippen LogP contribution in [0.3, 0.4) is 0 Å². The van der Waals surface area contributed by atoms with Gasteiger partial charge in [-0.15, -0.1) is 0 Å². The van der Waals surface area contributed by atoms with Crippen molar-refractivity contribution in [1.82, 2.24) is 4.57 Å². The molecule has 2 rings (SSSR count). The maximum atomic E-state index is 12.1. The van der Waals surface area contributed by atoms with Gasteiger partial charge in [0.15, 0.2) is 5.75 Å². The summed E-state index contributed by atoms with van der Waals surface area (Å²) >= 11 is 0. The Morgan fingerprint density at radius 3 is 2.59 bits per heavy atom. The van der Waals surface area contributed by atoms with Gasteiger partial charge in [0.2, 0.25) is 5.43 Å². The molecule has 0 aliphatic heterocycles. The molecule has 6 heteroatoms. The smallest absolute Gasteiger partial charge is 0.341 e. The average molecular weight is 303 g/mol. The first-order chi connectivity index (χ1) is 10.6. The fourth-order valence-corrected chi connectivity index (χ4v) is 1.89. The van der Waals surface area contributed by atoms with Crippen LogP contribution in [-0.4, -0.2) is 28.9 Å². The van der Waals surface area contributed by atoms with E-state index in [-0.39, 0.29) is 11.3 Å². The highest BCUT2D eigenvalue weighted by Crippen LogP contribution is 2.18. The Morgan fingerprint density at radius 1 is 1.23 bits per heavy atom. The lowest BCUT2D eigenvalue weighted by Gasteiger charge is -2.11. The van der Waals surface area contributed by atoms with Crippen molar-refractivity contribution in [3.63, 3.8) is 0 Å². The van der Waals surface area contributed by atoms with E-state index in [2.05, 4.69) is 0 Å². The molecule has 0 aliphatic rings. The van der Waals surface area contributed by atoms with E-state index >= 15 is 0 Å². The summed E-state index contributed by atoms with van der Waals surface area (Å²) in [6.07, 6.45) is 2.78. The predicted octanol–water partition coefficient (Wildman–Crippen LogP) is 2.38. The number of hydrogen-bond acceptors (Lipinski definition) is 4. The van der Waals surface area contributed by atoms with E-state index in [1.54, 1.807) is 28.8 Å². The van der Waals surface area contributed by atoms with Gasteiger partial charge in [-0.05, 0) is 19.1 Å². The van der Waals surface area contributed by atoms with Gasteiger partial charge in [-0.3, -0.25) is 4.79 Å². The summed E-state index contributed by atoms with van der Waals surface area (Å²) in [5, 5.41) is 9.15. The molecule has 0 unspecified atom stereocenters. The number of para-hydroxylation sites is 1. The van der Waals surface area contributed by atoms with Gasteiger partial charge in [0.05, 0.1) is 12.8 Å². The molecule has 0 saturated carbocycles. The monoisotopic (exact) mass is 303 g/mol. The highest BCUT2D eigenvalue weighted by molar-refractivity contribution is 5.87. The molecular weight excluding hydrogens is 286 g/mol. The van der Waals surface area contributed by atoms with E-state index in [0.717, 1.165) is 0 Å². The van der Waals surface area contributed by atoms with Gasteiger partial charge in [-0.25, -0.2) is 4.79 Å². The van der Waals surface area contributed by atoms with Crippen LogP contribution in [0.2, 0.25) is 0 Å². The van der Waals surface area contributed by atoms with E-state index in [0.29, 0.717) is 25.5 Å². The highest BCUT2D eigenvalue weighted by Gasteiger charge is 2.15. The first-order valence-corrected chi connectivity index (χ1v) is 6.90. The van der Waals surface area contributed by atoms with Crippen molar-refractivity contribution in [1.29, 1.82) is 0 Å². The molecular formula is C16H17NO5. The van der Waals surface area contributed by atoms with Crippen LogP contribution in [0.25, 0.3) is 0 Å². The zero-order valence-electron chi connectivity index (χ0n) is 12.2. The molecule has 0 fully saturated rings. The Kier molecular flexibility index (Phi) is 5.32. The largest absolute Gasteiger partial charge is 0.477 e. The van der Waals surface area contributed by atoms with Crippen LogP contribution in [0.15, 0.2) is 47.5 Å². The fourth-order valence-electron chi connectivity index (χ4n) is 1.89. The Morgan fingerprint density at radius 2 is 1.95 bits per heavy atom. The van der Waals surface area contributed by atoms with Gasteiger partial charge in [0.25, 0.3) is 0 Å². The second kappa shape index (κ2) is 7.42. The zero-order valence-corrected chi connectivity index (χ0v) is 12.2. The molecule has 0 spiro atoms. The Balaban J connectivity index is 2.34. The zero-order chi connectivity index (χ0) is 15.9. The number of carboxylic acid groups (broad SMARTS) is 1. The van der Waals surface area contributed by atoms with Crippen LogP contribution in [0, 0.1) is 0 Å². The third-order valence-corrected chi connectivity index (χ3v) is 2.95. The van der Waals surface area contributed by atoms with Crippen molar-refractivity contribution in [2.75, 3.05) is 13.2 Å². The summed E-state index contributed by atoms with van der Waals surface area (Å²) in [5.41, 5.74) is -0.978. The molecule has 0 saturated heterocycles. The first kappa shape index (κ1) is 15.8. The van der Waals surface area contributed by atoms with Crippen molar-refractivity contribution in [3.05, 3.63) is 58.5 Å². The van der Waals surface area contributed by atoms with Gasteiger partial charge >= 0.3 is 5.97 Å².